The zero-order valence-corrected chi connectivity index (χ0v) is 17.7. The van der Waals surface area contributed by atoms with Crippen molar-refractivity contribution in [3.05, 3.63) is 71.8 Å². The van der Waals surface area contributed by atoms with Gasteiger partial charge in [-0.1, -0.05) is 38.1 Å². The van der Waals surface area contributed by atoms with E-state index < -0.39 is 0 Å². The third-order valence-electron chi connectivity index (χ3n) is 5.98. The molecule has 0 radical (unpaired) electrons. The van der Waals surface area contributed by atoms with Crippen LogP contribution in [0.5, 0.6) is 0 Å². The highest BCUT2D eigenvalue weighted by Gasteiger charge is 2.34. The minimum absolute atomic E-state index is 0.00483. The van der Waals surface area contributed by atoms with Gasteiger partial charge in [0, 0.05) is 24.3 Å². The van der Waals surface area contributed by atoms with E-state index >= 15 is 0 Å². The standard InChI is InChI=1S/C24H28N4O2/c1-16(2)17(3)25-23(29)21-19-12-7-8-14-27(19)22(26-21)20-13-9-15-28(20)24(30)18-10-5-4-6-11-18/h4-8,10-12,14,16-17,20H,9,13,15H2,1-3H3,(H,25,29)/t17-,20-/m1/s1. The van der Waals surface area contributed by atoms with Crippen LogP contribution in [0.25, 0.3) is 5.52 Å². The number of pyridine rings is 1. The highest BCUT2D eigenvalue weighted by Crippen LogP contribution is 2.33. The maximum Gasteiger partial charge on any atom is 0.272 e. The lowest BCUT2D eigenvalue weighted by molar-refractivity contribution is 0.0729. The number of rotatable bonds is 5. The SMILES string of the molecule is CC(C)[C@@H](C)NC(=O)c1nc([C@H]2CCCN2C(=O)c2ccccc2)n2ccccc12. The van der Waals surface area contributed by atoms with Crippen LogP contribution >= 0.6 is 0 Å². The van der Waals surface area contributed by atoms with Crippen LogP contribution in [0, 0.1) is 5.92 Å². The minimum atomic E-state index is -0.176. The van der Waals surface area contributed by atoms with Crippen molar-refractivity contribution in [2.75, 3.05) is 6.54 Å². The first-order valence-electron chi connectivity index (χ1n) is 10.6. The van der Waals surface area contributed by atoms with Crippen molar-refractivity contribution < 1.29 is 9.59 Å². The van der Waals surface area contributed by atoms with Gasteiger partial charge in [-0.15, -0.1) is 0 Å². The van der Waals surface area contributed by atoms with Crippen molar-refractivity contribution >= 4 is 17.3 Å². The summed E-state index contributed by atoms with van der Waals surface area (Å²) in [6.45, 7) is 6.84. The Kier molecular flexibility index (Phi) is 5.57. The average Bonchev–Trinajstić information content (AvgIpc) is 3.38. The van der Waals surface area contributed by atoms with E-state index in [2.05, 4.69) is 19.2 Å². The van der Waals surface area contributed by atoms with Crippen LogP contribution in [0.15, 0.2) is 54.7 Å². The summed E-state index contributed by atoms with van der Waals surface area (Å²) in [5.74, 6) is 0.904. The van der Waals surface area contributed by atoms with Gasteiger partial charge in [0.05, 0.1) is 11.6 Å². The molecule has 2 atom stereocenters. The largest absolute Gasteiger partial charge is 0.348 e. The van der Waals surface area contributed by atoms with Crippen LogP contribution < -0.4 is 5.32 Å². The molecule has 4 rings (SSSR count). The fraction of sp³-hybridized carbons (Fsp3) is 0.375. The molecule has 0 aliphatic carbocycles. The molecular formula is C24H28N4O2. The number of nitrogens with zero attached hydrogens (tertiary/aromatic N) is 3. The van der Waals surface area contributed by atoms with Gasteiger partial charge < -0.3 is 14.6 Å². The van der Waals surface area contributed by atoms with Gasteiger partial charge in [0.1, 0.15) is 5.82 Å². The first-order chi connectivity index (χ1) is 14.5. The summed E-state index contributed by atoms with van der Waals surface area (Å²) >= 11 is 0. The number of nitrogens with one attached hydrogen (secondary N) is 1. The van der Waals surface area contributed by atoms with Crippen molar-refractivity contribution in [2.45, 2.75) is 45.7 Å². The molecule has 3 heterocycles. The smallest absolute Gasteiger partial charge is 0.272 e. The van der Waals surface area contributed by atoms with Crippen molar-refractivity contribution in [1.82, 2.24) is 19.6 Å². The molecule has 1 aromatic carbocycles. The molecule has 3 aromatic rings. The Morgan fingerprint density at radius 1 is 1.07 bits per heavy atom. The number of benzene rings is 1. The third-order valence-corrected chi connectivity index (χ3v) is 5.98. The second-order valence-corrected chi connectivity index (χ2v) is 8.30. The summed E-state index contributed by atoms with van der Waals surface area (Å²) in [4.78, 5) is 32.8. The van der Waals surface area contributed by atoms with Gasteiger partial charge in [0.15, 0.2) is 5.69 Å². The lowest BCUT2D eigenvalue weighted by Crippen LogP contribution is -2.36. The molecule has 156 valence electrons. The number of aromatic nitrogens is 2. The molecular weight excluding hydrogens is 376 g/mol. The van der Waals surface area contributed by atoms with Gasteiger partial charge in [-0.3, -0.25) is 9.59 Å². The van der Waals surface area contributed by atoms with Crippen LogP contribution in [0.2, 0.25) is 0 Å². The quantitative estimate of drug-likeness (QED) is 0.697. The number of imidazole rings is 1. The monoisotopic (exact) mass is 404 g/mol. The molecule has 0 unspecified atom stereocenters. The van der Waals surface area contributed by atoms with E-state index in [0.29, 0.717) is 23.7 Å². The van der Waals surface area contributed by atoms with Crippen LogP contribution in [0.3, 0.4) is 0 Å². The summed E-state index contributed by atoms with van der Waals surface area (Å²) in [7, 11) is 0. The number of amides is 2. The molecule has 6 heteroatoms. The molecule has 30 heavy (non-hydrogen) atoms. The summed E-state index contributed by atoms with van der Waals surface area (Å²) in [5, 5.41) is 3.06. The molecule has 2 amide bonds. The lowest BCUT2D eigenvalue weighted by Gasteiger charge is -2.24. The van der Waals surface area contributed by atoms with Crippen LogP contribution in [-0.2, 0) is 0 Å². The zero-order valence-electron chi connectivity index (χ0n) is 17.7. The summed E-state index contributed by atoms with van der Waals surface area (Å²) in [6.07, 6.45) is 3.66. The Hall–Kier alpha value is -3.15. The average molecular weight is 405 g/mol. The van der Waals surface area contributed by atoms with E-state index in [-0.39, 0.29) is 23.9 Å². The normalized spacial score (nSPS) is 17.5. The third kappa shape index (κ3) is 3.70. The van der Waals surface area contributed by atoms with E-state index in [9.17, 15) is 9.59 Å². The Balaban J connectivity index is 1.70. The van der Waals surface area contributed by atoms with Crippen molar-refractivity contribution in [1.29, 1.82) is 0 Å². The van der Waals surface area contributed by atoms with E-state index in [1.165, 1.54) is 0 Å². The molecule has 2 aromatic heterocycles. The van der Waals surface area contributed by atoms with E-state index in [1.54, 1.807) is 0 Å². The molecule has 6 nitrogen and oxygen atoms in total. The van der Waals surface area contributed by atoms with Crippen LogP contribution in [-0.4, -0.2) is 38.7 Å². The first-order valence-corrected chi connectivity index (χ1v) is 10.6. The van der Waals surface area contributed by atoms with Gasteiger partial charge in [-0.05, 0) is 49.9 Å². The Labute approximate surface area is 176 Å². The number of carbonyl (C=O) groups is 2. The second kappa shape index (κ2) is 8.30. The summed E-state index contributed by atoms with van der Waals surface area (Å²) in [5.41, 5.74) is 1.85. The Bertz CT molecular complexity index is 1060. The molecule has 1 saturated heterocycles. The number of likely N-dealkylation sites (tertiary alicyclic amines) is 1. The number of carbonyl (C=O) groups excluding carboxylic acids is 2. The van der Waals surface area contributed by atoms with Crippen molar-refractivity contribution in [3.8, 4) is 0 Å². The number of hydrogen-bond donors (Lipinski definition) is 1. The Morgan fingerprint density at radius 2 is 1.80 bits per heavy atom. The molecule has 1 fully saturated rings. The molecule has 0 spiro atoms. The topological polar surface area (TPSA) is 66.7 Å². The first kappa shape index (κ1) is 20.1. The minimum Gasteiger partial charge on any atom is -0.348 e. The molecule has 0 bridgehead atoms. The molecule has 0 saturated carbocycles. The summed E-state index contributed by atoms with van der Waals surface area (Å²) in [6, 6.07) is 15.0. The lowest BCUT2D eigenvalue weighted by atomic mass is 10.1. The van der Waals surface area contributed by atoms with Crippen molar-refractivity contribution in [2.24, 2.45) is 5.92 Å². The predicted octanol–water partition coefficient (Wildman–Crippen LogP) is 4.09. The van der Waals surface area contributed by atoms with Gasteiger partial charge in [0.25, 0.3) is 11.8 Å². The van der Waals surface area contributed by atoms with Gasteiger partial charge in [-0.2, -0.15) is 0 Å². The fourth-order valence-electron chi connectivity index (χ4n) is 3.93. The Morgan fingerprint density at radius 3 is 2.53 bits per heavy atom. The maximum atomic E-state index is 13.1. The van der Waals surface area contributed by atoms with E-state index in [0.717, 1.165) is 24.2 Å². The molecule has 1 N–H and O–H groups in total. The highest BCUT2D eigenvalue weighted by atomic mass is 16.2. The van der Waals surface area contributed by atoms with Gasteiger partial charge in [0.2, 0.25) is 0 Å². The second-order valence-electron chi connectivity index (χ2n) is 8.30. The van der Waals surface area contributed by atoms with Crippen LogP contribution in [0.1, 0.15) is 66.3 Å². The molecule has 1 aliphatic heterocycles. The van der Waals surface area contributed by atoms with E-state index in [1.807, 2.05) is 71.0 Å². The predicted molar refractivity (Wildman–Crippen MR) is 116 cm³/mol. The fourth-order valence-corrected chi connectivity index (χ4v) is 3.93. The van der Waals surface area contributed by atoms with Gasteiger partial charge in [-0.25, -0.2) is 4.98 Å². The van der Waals surface area contributed by atoms with E-state index in [4.69, 9.17) is 4.98 Å². The van der Waals surface area contributed by atoms with Crippen LogP contribution in [0.4, 0.5) is 0 Å². The summed E-state index contributed by atoms with van der Waals surface area (Å²) < 4.78 is 1.95. The van der Waals surface area contributed by atoms with Crippen molar-refractivity contribution in [3.63, 3.8) is 0 Å². The molecule has 1 aliphatic rings. The highest BCUT2D eigenvalue weighted by molar-refractivity contribution is 5.99. The van der Waals surface area contributed by atoms with Gasteiger partial charge >= 0.3 is 0 Å². The number of hydrogen-bond acceptors (Lipinski definition) is 3. The number of fused-ring (bicyclic) bond motifs is 1. The zero-order chi connectivity index (χ0) is 21.3. The maximum absolute atomic E-state index is 13.1.